The summed E-state index contributed by atoms with van der Waals surface area (Å²) in [5.41, 5.74) is 0.816. The number of halogens is 1. The monoisotopic (exact) mass is 440 g/mol. The third kappa shape index (κ3) is 5.51. The van der Waals surface area contributed by atoms with Crippen LogP contribution in [-0.2, 0) is 26.7 Å². The highest BCUT2D eigenvalue weighted by atomic mass is 32.2. The van der Waals surface area contributed by atoms with Crippen molar-refractivity contribution in [2.24, 2.45) is 9.50 Å². The lowest BCUT2D eigenvalue weighted by atomic mass is 9.86. The zero-order valence-corrected chi connectivity index (χ0v) is 19.3. The fourth-order valence-electron chi connectivity index (χ4n) is 3.20. The number of hydrogen-bond donors (Lipinski definition) is 2. The molecule has 1 heterocycles. The second kappa shape index (κ2) is 8.63. The lowest BCUT2D eigenvalue weighted by Crippen LogP contribution is -2.16. The minimum absolute atomic E-state index is 0.0878. The number of thiophene rings is 1. The van der Waals surface area contributed by atoms with Crippen molar-refractivity contribution in [3.63, 3.8) is 0 Å². The van der Waals surface area contributed by atoms with Crippen LogP contribution in [0.5, 0.6) is 0 Å². The summed E-state index contributed by atoms with van der Waals surface area (Å²) < 4.78 is 31.3. The van der Waals surface area contributed by atoms with Gasteiger partial charge >= 0.3 is 0 Å². The summed E-state index contributed by atoms with van der Waals surface area (Å²) in [4.78, 5) is 13.2. The van der Waals surface area contributed by atoms with E-state index in [9.17, 15) is 18.5 Å². The Balaban J connectivity index is 2.46. The van der Waals surface area contributed by atoms with E-state index in [4.69, 9.17) is 5.14 Å². The van der Waals surface area contributed by atoms with Crippen molar-refractivity contribution in [3.05, 3.63) is 51.7 Å². The first kappa shape index (κ1) is 23.7. The summed E-state index contributed by atoms with van der Waals surface area (Å²) in [6, 6.07) is 6.24. The molecule has 1 amide bonds. The number of nitrogens with zero attached hydrogens (tertiary/aromatic N) is 1. The van der Waals surface area contributed by atoms with Gasteiger partial charge in [-0.25, -0.2) is 13.7 Å². The summed E-state index contributed by atoms with van der Waals surface area (Å²) >= 11 is 1.06. The maximum Gasteiger partial charge on any atom is 0.259 e. The van der Waals surface area contributed by atoms with Gasteiger partial charge in [0, 0.05) is 4.88 Å². The number of benzene rings is 1. The standard InChI is InChI=1S/C21H29FN2O3S2/c1-12(2)14-7-8-16(22)20(13(3)4)15(14)11-18(25)24-29(23,27)19-10-9-17(28-19)21(5,6)26/h7-10,12-13,26H,11H2,1-6H3,(H2,23,24,25,27)/t29-/m0/s1. The van der Waals surface area contributed by atoms with Crippen LogP contribution in [0.2, 0.25) is 0 Å². The molecule has 0 aliphatic rings. The predicted molar refractivity (Wildman–Crippen MR) is 116 cm³/mol. The van der Waals surface area contributed by atoms with Gasteiger partial charge in [0.15, 0.2) is 9.92 Å². The number of carbonyl (C=O) groups is 1. The topological polar surface area (TPSA) is 92.8 Å². The molecule has 0 unspecified atom stereocenters. The second-order valence-corrected chi connectivity index (χ2v) is 11.3. The lowest BCUT2D eigenvalue weighted by molar-refractivity contribution is -0.117. The molecule has 1 aromatic carbocycles. The quantitative estimate of drug-likeness (QED) is 0.674. The molecule has 0 saturated carbocycles. The molecule has 1 atom stereocenters. The van der Waals surface area contributed by atoms with Crippen LogP contribution >= 0.6 is 11.3 Å². The van der Waals surface area contributed by atoms with Crippen LogP contribution < -0.4 is 5.14 Å². The van der Waals surface area contributed by atoms with Gasteiger partial charge in [-0.05, 0) is 60.6 Å². The fourth-order valence-corrected chi connectivity index (χ4v) is 5.52. The molecule has 0 spiro atoms. The molecule has 1 aromatic heterocycles. The Bertz CT molecular complexity index is 1030. The van der Waals surface area contributed by atoms with Crippen molar-refractivity contribution < 1.29 is 18.5 Å². The Morgan fingerprint density at radius 1 is 1.21 bits per heavy atom. The smallest absolute Gasteiger partial charge is 0.259 e. The maximum absolute atomic E-state index is 14.5. The van der Waals surface area contributed by atoms with E-state index in [1.54, 1.807) is 26.0 Å². The molecule has 2 aromatic rings. The molecule has 0 saturated heterocycles. The summed E-state index contributed by atoms with van der Waals surface area (Å²) in [6.07, 6.45) is -0.170. The molecule has 8 heteroatoms. The SMILES string of the molecule is CC(C)c1ccc(F)c(C(C)C)c1CC(=O)N=[S@](N)(=O)c1ccc(C(C)(C)O)s1. The van der Waals surface area contributed by atoms with Crippen molar-refractivity contribution in [3.8, 4) is 0 Å². The summed E-state index contributed by atoms with van der Waals surface area (Å²) in [5, 5.41) is 15.9. The molecule has 3 N–H and O–H groups in total. The number of rotatable bonds is 6. The average molecular weight is 441 g/mol. The molecule has 0 aliphatic carbocycles. The van der Waals surface area contributed by atoms with Crippen molar-refractivity contribution in [2.75, 3.05) is 0 Å². The molecule has 0 bridgehead atoms. The number of carbonyl (C=O) groups excluding carboxylic acids is 1. The van der Waals surface area contributed by atoms with Gasteiger partial charge in [-0.2, -0.15) is 0 Å². The predicted octanol–water partition coefficient (Wildman–Crippen LogP) is 4.83. The lowest BCUT2D eigenvalue weighted by Gasteiger charge is -2.19. The number of nitrogens with two attached hydrogens (primary N) is 1. The van der Waals surface area contributed by atoms with Crippen LogP contribution in [0.1, 0.15) is 74.9 Å². The molecular formula is C21H29FN2O3S2. The Morgan fingerprint density at radius 2 is 1.83 bits per heavy atom. The van der Waals surface area contributed by atoms with E-state index in [1.165, 1.54) is 12.1 Å². The van der Waals surface area contributed by atoms with Gasteiger partial charge in [-0.3, -0.25) is 4.79 Å². The molecule has 5 nitrogen and oxygen atoms in total. The van der Waals surface area contributed by atoms with Gasteiger partial charge in [0.05, 0.1) is 12.0 Å². The van der Waals surface area contributed by atoms with E-state index in [0.717, 1.165) is 16.9 Å². The normalized spacial score (nSPS) is 14.3. The summed E-state index contributed by atoms with van der Waals surface area (Å²) in [7, 11) is -3.46. The largest absolute Gasteiger partial charge is 0.385 e. The summed E-state index contributed by atoms with van der Waals surface area (Å²) in [5.74, 6) is -1.06. The number of amides is 1. The van der Waals surface area contributed by atoms with Crippen molar-refractivity contribution in [1.82, 2.24) is 0 Å². The van der Waals surface area contributed by atoms with Crippen LogP contribution in [0.4, 0.5) is 4.39 Å². The second-order valence-electron chi connectivity index (χ2n) is 8.25. The van der Waals surface area contributed by atoms with Gasteiger partial charge in [0.2, 0.25) is 0 Å². The molecule has 2 rings (SSSR count). The molecule has 29 heavy (non-hydrogen) atoms. The van der Waals surface area contributed by atoms with Crippen LogP contribution in [0.3, 0.4) is 0 Å². The van der Waals surface area contributed by atoms with Gasteiger partial charge in [-0.15, -0.1) is 15.7 Å². The third-order valence-electron chi connectivity index (χ3n) is 4.58. The molecular weight excluding hydrogens is 411 g/mol. The van der Waals surface area contributed by atoms with Crippen LogP contribution in [0, 0.1) is 5.82 Å². The Morgan fingerprint density at radius 3 is 2.31 bits per heavy atom. The highest BCUT2D eigenvalue weighted by Gasteiger charge is 2.23. The Hall–Kier alpha value is -1.61. The Kier molecular flexibility index (Phi) is 7.05. The van der Waals surface area contributed by atoms with Crippen LogP contribution in [-0.4, -0.2) is 15.2 Å². The van der Waals surface area contributed by atoms with E-state index in [2.05, 4.69) is 4.36 Å². The molecule has 0 radical (unpaired) electrons. The average Bonchev–Trinajstić information content (AvgIpc) is 3.04. The first-order chi connectivity index (χ1) is 13.2. The minimum atomic E-state index is -3.46. The van der Waals surface area contributed by atoms with Crippen molar-refractivity contribution >= 4 is 27.2 Å². The third-order valence-corrected chi connectivity index (χ3v) is 7.92. The van der Waals surface area contributed by atoms with E-state index in [-0.39, 0.29) is 28.3 Å². The highest BCUT2D eigenvalue weighted by molar-refractivity contribution is 7.93. The van der Waals surface area contributed by atoms with E-state index < -0.39 is 21.4 Å². The zero-order chi connectivity index (χ0) is 22.1. The molecule has 0 aliphatic heterocycles. The van der Waals surface area contributed by atoms with Gasteiger partial charge in [-0.1, -0.05) is 33.8 Å². The van der Waals surface area contributed by atoms with Gasteiger partial charge in [0.25, 0.3) is 5.91 Å². The zero-order valence-electron chi connectivity index (χ0n) is 17.7. The van der Waals surface area contributed by atoms with Crippen molar-refractivity contribution in [2.45, 2.75) is 69.6 Å². The van der Waals surface area contributed by atoms with E-state index in [0.29, 0.717) is 16.0 Å². The van der Waals surface area contributed by atoms with Crippen LogP contribution in [0.25, 0.3) is 0 Å². The highest BCUT2D eigenvalue weighted by Crippen LogP contribution is 2.32. The molecule has 0 fully saturated rings. The van der Waals surface area contributed by atoms with Crippen LogP contribution in [0.15, 0.2) is 32.8 Å². The molecule has 160 valence electrons. The Labute approximate surface area is 176 Å². The van der Waals surface area contributed by atoms with E-state index >= 15 is 0 Å². The first-order valence-electron chi connectivity index (χ1n) is 9.45. The maximum atomic E-state index is 14.5. The number of aliphatic hydroxyl groups is 1. The van der Waals surface area contributed by atoms with Gasteiger partial charge in [0.1, 0.15) is 10.0 Å². The van der Waals surface area contributed by atoms with E-state index in [1.807, 2.05) is 27.7 Å². The van der Waals surface area contributed by atoms with Gasteiger partial charge < -0.3 is 5.11 Å². The minimum Gasteiger partial charge on any atom is -0.385 e. The number of hydrogen-bond acceptors (Lipinski definition) is 4. The first-order valence-corrected chi connectivity index (χ1v) is 11.8. The summed E-state index contributed by atoms with van der Waals surface area (Å²) in [6.45, 7) is 10.9. The fraction of sp³-hybridized carbons (Fsp3) is 0.476. The van der Waals surface area contributed by atoms with Crippen molar-refractivity contribution in [1.29, 1.82) is 0 Å².